The lowest BCUT2D eigenvalue weighted by Gasteiger charge is -2.21. The summed E-state index contributed by atoms with van der Waals surface area (Å²) in [5.41, 5.74) is 2.26. The lowest BCUT2D eigenvalue weighted by molar-refractivity contribution is -0.116. The van der Waals surface area contributed by atoms with Gasteiger partial charge in [0.25, 0.3) is 0 Å². The second-order valence-electron chi connectivity index (χ2n) is 5.20. The number of carbonyl (C=O) groups is 1. The molecule has 0 radical (unpaired) electrons. The Morgan fingerprint density at radius 1 is 1.44 bits per heavy atom. The summed E-state index contributed by atoms with van der Waals surface area (Å²) < 4.78 is 5.30. The molecule has 0 aromatic heterocycles. The van der Waals surface area contributed by atoms with Crippen LogP contribution in [-0.4, -0.2) is 13.0 Å². The van der Waals surface area contributed by atoms with Gasteiger partial charge in [0.1, 0.15) is 5.75 Å². The van der Waals surface area contributed by atoms with E-state index in [1.54, 1.807) is 7.11 Å². The highest BCUT2D eigenvalue weighted by Gasteiger charge is 2.15. The summed E-state index contributed by atoms with van der Waals surface area (Å²) in [7, 11) is 1.63. The molecule has 0 atom stereocenters. The Labute approximate surface area is 109 Å². The summed E-state index contributed by atoms with van der Waals surface area (Å²) in [6.45, 7) is 10.3. The predicted molar refractivity (Wildman–Crippen MR) is 73.7 cm³/mol. The largest absolute Gasteiger partial charge is 0.496 e. The highest BCUT2D eigenvalue weighted by Crippen LogP contribution is 2.27. The van der Waals surface area contributed by atoms with Crippen molar-refractivity contribution in [2.75, 3.05) is 7.11 Å². The summed E-state index contributed by atoms with van der Waals surface area (Å²) in [6, 6.07) is 6.07. The zero-order chi connectivity index (χ0) is 13.8. The van der Waals surface area contributed by atoms with Crippen LogP contribution < -0.4 is 10.1 Å². The van der Waals surface area contributed by atoms with E-state index in [9.17, 15) is 4.79 Å². The predicted octanol–water partition coefficient (Wildman–Crippen LogP) is 2.79. The van der Waals surface area contributed by atoms with Gasteiger partial charge in [-0.25, -0.2) is 0 Å². The zero-order valence-corrected chi connectivity index (χ0v) is 11.5. The van der Waals surface area contributed by atoms with E-state index < -0.39 is 0 Å². The topological polar surface area (TPSA) is 38.3 Å². The summed E-state index contributed by atoms with van der Waals surface area (Å²) in [4.78, 5) is 11.2. The van der Waals surface area contributed by atoms with E-state index in [0.29, 0.717) is 6.54 Å². The third-order valence-electron chi connectivity index (χ3n) is 2.78. The van der Waals surface area contributed by atoms with Crippen molar-refractivity contribution in [3.8, 4) is 5.75 Å². The average Bonchev–Trinajstić information content (AvgIpc) is 2.34. The molecule has 1 aromatic carbocycles. The molecule has 1 N–H and O–H groups in total. The number of benzene rings is 1. The number of rotatable bonds is 4. The number of hydrogen-bond acceptors (Lipinski definition) is 2. The monoisotopic (exact) mass is 247 g/mol. The number of methoxy groups -OCH3 is 1. The Kier molecular flexibility index (Phi) is 4.54. The van der Waals surface area contributed by atoms with Crippen LogP contribution in [0.2, 0.25) is 0 Å². The Morgan fingerprint density at radius 3 is 2.61 bits per heavy atom. The highest BCUT2D eigenvalue weighted by molar-refractivity contribution is 5.86. The first-order valence-corrected chi connectivity index (χ1v) is 5.96. The van der Waals surface area contributed by atoms with Gasteiger partial charge in [-0.1, -0.05) is 33.4 Å². The van der Waals surface area contributed by atoms with Crippen molar-refractivity contribution < 1.29 is 9.53 Å². The van der Waals surface area contributed by atoms with Crippen LogP contribution in [0.3, 0.4) is 0 Å². The lowest BCUT2D eigenvalue weighted by Crippen LogP contribution is -2.21. The van der Waals surface area contributed by atoms with Gasteiger partial charge in [-0.2, -0.15) is 0 Å². The summed E-state index contributed by atoms with van der Waals surface area (Å²) >= 11 is 0. The molecular weight excluding hydrogens is 226 g/mol. The van der Waals surface area contributed by atoms with Gasteiger partial charge in [0.05, 0.1) is 7.11 Å². The molecule has 0 aliphatic heterocycles. The van der Waals surface area contributed by atoms with E-state index in [1.165, 1.54) is 11.6 Å². The first-order valence-electron chi connectivity index (χ1n) is 5.96. The van der Waals surface area contributed by atoms with Crippen LogP contribution in [0.1, 0.15) is 31.9 Å². The van der Waals surface area contributed by atoms with Crippen LogP contribution in [0.5, 0.6) is 5.75 Å². The van der Waals surface area contributed by atoms with Gasteiger partial charge in [0.15, 0.2) is 0 Å². The molecule has 0 fully saturated rings. The van der Waals surface area contributed by atoms with Gasteiger partial charge in [0, 0.05) is 12.1 Å². The van der Waals surface area contributed by atoms with Gasteiger partial charge in [-0.3, -0.25) is 4.79 Å². The molecule has 0 aliphatic carbocycles. The maximum absolute atomic E-state index is 11.2. The minimum absolute atomic E-state index is 0.0729. The van der Waals surface area contributed by atoms with Crippen LogP contribution in [0.25, 0.3) is 0 Å². The molecule has 0 bridgehead atoms. The molecule has 3 heteroatoms. The van der Waals surface area contributed by atoms with Crippen molar-refractivity contribution in [3.63, 3.8) is 0 Å². The lowest BCUT2D eigenvalue weighted by atomic mass is 9.86. The van der Waals surface area contributed by atoms with Crippen molar-refractivity contribution >= 4 is 5.91 Å². The maximum Gasteiger partial charge on any atom is 0.243 e. The second-order valence-corrected chi connectivity index (χ2v) is 5.20. The fraction of sp³-hybridized carbons (Fsp3) is 0.400. The molecular formula is C15H21NO2. The highest BCUT2D eigenvalue weighted by atomic mass is 16.5. The minimum Gasteiger partial charge on any atom is -0.496 e. The van der Waals surface area contributed by atoms with Gasteiger partial charge in [0.2, 0.25) is 5.91 Å². The third-order valence-corrected chi connectivity index (χ3v) is 2.78. The second kappa shape index (κ2) is 5.71. The molecule has 1 aromatic rings. The van der Waals surface area contributed by atoms with Crippen molar-refractivity contribution in [2.45, 2.75) is 32.7 Å². The maximum atomic E-state index is 11.2. The van der Waals surface area contributed by atoms with Crippen molar-refractivity contribution in [1.29, 1.82) is 0 Å². The van der Waals surface area contributed by atoms with E-state index in [2.05, 4.69) is 44.8 Å². The van der Waals surface area contributed by atoms with E-state index in [1.807, 2.05) is 6.07 Å². The molecule has 0 saturated heterocycles. The smallest absolute Gasteiger partial charge is 0.243 e. The molecule has 0 saturated carbocycles. The number of nitrogens with one attached hydrogen (secondary N) is 1. The Hall–Kier alpha value is -1.77. The SMILES string of the molecule is C=CC(=O)NCc1cc(C(C)(C)C)ccc1OC. The van der Waals surface area contributed by atoms with E-state index in [0.717, 1.165) is 11.3 Å². The molecule has 18 heavy (non-hydrogen) atoms. The summed E-state index contributed by atoms with van der Waals surface area (Å²) in [6.07, 6.45) is 1.26. The molecule has 0 aliphatic rings. The zero-order valence-electron chi connectivity index (χ0n) is 11.5. The van der Waals surface area contributed by atoms with Gasteiger partial charge in [-0.15, -0.1) is 0 Å². The van der Waals surface area contributed by atoms with Crippen LogP contribution in [0.15, 0.2) is 30.9 Å². The van der Waals surface area contributed by atoms with Crippen molar-refractivity contribution in [2.24, 2.45) is 0 Å². The standard InChI is InChI=1S/C15H21NO2/c1-6-14(17)16-10-11-9-12(15(2,3)4)7-8-13(11)18-5/h6-9H,1,10H2,2-5H3,(H,16,17). The normalized spacial score (nSPS) is 10.9. The third kappa shape index (κ3) is 3.62. The fourth-order valence-electron chi connectivity index (χ4n) is 1.64. The number of carbonyl (C=O) groups excluding carboxylic acids is 1. The van der Waals surface area contributed by atoms with Gasteiger partial charge >= 0.3 is 0 Å². The van der Waals surface area contributed by atoms with E-state index in [-0.39, 0.29) is 11.3 Å². The summed E-state index contributed by atoms with van der Waals surface area (Å²) in [5, 5.41) is 2.77. The Morgan fingerprint density at radius 2 is 2.11 bits per heavy atom. The van der Waals surface area contributed by atoms with E-state index >= 15 is 0 Å². The minimum atomic E-state index is -0.182. The molecule has 1 amide bonds. The number of ether oxygens (including phenoxy) is 1. The van der Waals surface area contributed by atoms with Crippen LogP contribution >= 0.6 is 0 Å². The number of hydrogen-bond donors (Lipinski definition) is 1. The van der Waals surface area contributed by atoms with Crippen LogP contribution in [-0.2, 0) is 16.8 Å². The Bertz CT molecular complexity index is 444. The molecule has 3 nitrogen and oxygen atoms in total. The molecule has 98 valence electrons. The molecule has 0 unspecified atom stereocenters. The first-order chi connectivity index (χ1) is 8.38. The van der Waals surface area contributed by atoms with Crippen molar-refractivity contribution in [1.82, 2.24) is 5.32 Å². The first kappa shape index (κ1) is 14.3. The van der Waals surface area contributed by atoms with Crippen LogP contribution in [0.4, 0.5) is 0 Å². The van der Waals surface area contributed by atoms with Crippen molar-refractivity contribution in [3.05, 3.63) is 42.0 Å². The number of amides is 1. The Balaban J connectivity index is 2.99. The van der Waals surface area contributed by atoms with E-state index in [4.69, 9.17) is 4.74 Å². The fourth-order valence-corrected chi connectivity index (χ4v) is 1.64. The summed E-state index contributed by atoms with van der Waals surface area (Å²) in [5.74, 6) is 0.602. The average molecular weight is 247 g/mol. The molecule has 0 spiro atoms. The molecule has 0 heterocycles. The van der Waals surface area contributed by atoms with Crippen LogP contribution in [0, 0.1) is 0 Å². The quantitative estimate of drug-likeness (QED) is 0.831. The van der Waals surface area contributed by atoms with Gasteiger partial charge in [-0.05, 0) is 29.2 Å². The molecule has 1 rings (SSSR count). The van der Waals surface area contributed by atoms with Gasteiger partial charge < -0.3 is 10.1 Å².